The van der Waals surface area contributed by atoms with Crippen LogP contribution in [0, 0.1) is 11.3 Å². The molecule has 0 radical (unpaired) electrons. The van der Waals surface area contributed by atoms with Crippen molar-refractivity contribution in [3.05, 3.63) is 29.3 Å². The Kier molecular flexibility index (Phi) is 3.17. The summed E-state index contributed by atoms with van der Waals surface area (Å²) in [6.45, 7) is -0.0159. The molecule has 80 valence electrons. The number of nitriles is 1. The number of hydrogen-bond acceptors (Lipinski definition) is 3. The first kappa shape index (κ1) is 11.3. The number of nitrogens with two attached hydrogens (primary N) is 1. The van der Waals surface area contributed by atoms with Crippen LogP contribution in [0.25, 0.3) is 0 Å². The largest absolute Gasteiger partial charge is 0.573 e. The van der Waals surface area contributed by atoms with Gasteiger partial charge in [-0.25, -0.2) is 0 Å². The van der Waals surface area contributed by atoms with Gasteiger partial charge in [0.05, 0.1) is 5.56 Å². The van der Waals surface area contributed by atoms with Crippen molar-refractivity contribution in [2.45, 2.75) is 12.9 Å². The Morgan fingerprint density at radius 2 is 2.07 bits per heavy atom. The summed E-state index contributed by atoms with van der Waals surface area (Å²) in [5.74, 6) is -0.520. The van der Waals surface area contributed by atoms with Gasteiger partial charge in [-0.2, -0.15) is 5.26 Å². The van der Waals surface area contributed by atoms with E-state index in [1.54, 1.807) is 6.07 Å². The van der Waals surface area contributed by atoms with Crippen molar-refractivity contribution in [1.29, 1.82) is 5.26 Å². The highest BCUT2D eigenvalue weighted by Crippen LogP contribution is 2.27. The summed E-state index contributed by atoms with van der Waals surface area (Å²) in [6, 6.07) is 5.53. The van der Waals surface area contributed by atoms with Gasteiger partial charge >= 0.3 is 6.36 Å². The number of alkyl halides is 3. The second-order valence-corrected chi connectivity index (χ2v) is 2.65. The van der Waals surface area contributed by atoms with E-state index in [9.17, 15) is 13.2 Å². The molecule has 15 heavy (non-hydrogen) atoms. The average Bonchev–Trinajstić information content (AvgIpc) is 2.15. The third-order valence-electron chi connectivity index (χ3n) is 1.67. The second-order valence-electron chi connectivity index (χ2n) is 2.65. The van der Waals surface area contributed by atoms with E-state index in [2.05, 4.69) is 4.74 Å². The number of rotatable bonds is 2. The normalized spacial score (nSPS) is 10.9. The Hall–Kier alpha value is -1.74. The standard InChI is InChI=1S/C9H7F3N2O/c10-9(11,12)15-8-3-1-2-6(4-13)7(8)5-14/h1-3H,4,13H2. The molecule has 0 aromatic heterocycles. The number of hydrogen-bond donors (Lipinski definition) is 1. The van der Waals surface area contributed by atoms with E-state index in [0.29, 0.717) is 5.56 Å². The number of halogens is 3. The molecule has 2 N–H and O–H groups in total. The van der Waals surface area contributed by atoms with Gasteiger partial charge in [-0.05, 0) is 11.6 Å². The van der Waals surface area contributed by atoms with Gasteiger partial charge in [0, 0.05) is 6.54 Å². The van der Waals surface area contributed by atoms with Crippen molar-refractivity contribution in [1.82, 2.24) is 0 Å². The molecule has 0 heterocycles. The van der Waals surface area contributed by atoms with Gasteiger partial charge in [-0.1, -0.05) is 12.1 Å². The summed E-state index contributed by atoms with van der Waals surface area (Å²) in [5, 5.41) is 8.67. The van der Waals surface area contributed by atoms with E-state index >= 15 is 0 Å². The molecule has 0 aliphatic carbocycles. The summed E-state index contributed by atoms with van der Waals surface area (Å²) in [5.41, 5.74) is 5.41. The predicted molar refractivity (Wildman–Crippen MR) is 45.7 cm³/mol. The van der Waals surface area contributed by atoms with Gasteiger partial charge in [0.25, 0.3) is 0 Å². The maximum Gasteiger partial charge on any atom is 0.573 e. The maximum atomic E-state index is 11.9. The Morgan fingerprint density at radius 1 is 1.40 bits per heavy atom. The molecule has 0 fully saturated rings. The first-order chi connectivity index (χ1) is 6.98. The van der Waals surface area contributed by atoms with Crippen LogP contribution in [0.4, 0.5) is 13.2 Å². The zero-order valence-electron chi connectivity index (χ0n) is 7.51. The van der Waals surface area contributed by atoms with Gasteiger partial charge in [0.2, 0.25) is 0 Å². The molecule has 0 aliphatic rings. The smallest absolute Gasteiger partial charge is 0.404 e. The van der Waals surface area contributed by atoms with Crippen molar-refractivity contribution in [2.24, 2.45) is 5.73 Å². The van der Waals surface area contributed by atoms with Gasteiger partial charge in [-0.3, -0.25) is 0 Å². The summed E-state index contributed by atoms with van der Waals surface area (Å²) >= 11 is 0. The average molecular weight is 216 g/mol. The van der Waals surface area contributed by atoms with Crippen LogP contribution in [-0.2, 0) is 6.54 Å². The highest BCUT2D eigenvalue weighted by atomic mass is 19.4. The van der Waals surface area contributed by atoms with Crippen LogP contribution in [-0.4, -0.2) is 6.36 Å². The fraction of sp³-hybridized carbons (Fsp3) is 0.222. The molecular weight excluding hydrogens is 209 g/mol. The molecule has 0 aliphatic heterocycles. The molecule has 0 saturated heterocycles. The van der Waals surface area contributed by atoms with Gasteiger partial charge in [0.1, 0.15) is 11.8 Å². The first-order valence-corrected chi connectivity index (χ1v) is 3.95. The molecule has 1 aromatic rings. The number of benzene rings is 1. The van der Waals surface area contributed by atoms with Crippen molar-refractivity contribution in [3.63, 3.8) is 0 Å². The topological polar surface area (TPSA) is 59.0 Å². The number of nitrogens with zero attached hydrogens (tertiary/aromatic N) is 1. The lowest BCUT2D eigenvalue weighted by Gasteiger charge is -2.11. The third-order valence-corrected chi connectivity index (χ3v) is 1.67. The molecule has 6 heteroatoms. The fourth-order valence-electron chi connectivity index (χ4n) is 1.08. The van der Waals surface area contributed by atoms with Crippen LogP contribution in [0.3, 0.4) is 0 Å². The van der Waals surface area contributed by atoms with Crippen LogP contribution in [0.5, 0.6) is 5.75 Å². The monoisotopic (exact) mass is 216 g/mol. The van der Waals surface area contributed by atoms with Crippen LogP contribution in [0.2, 0.25) is 0 Å². The SMILES string of the molecule is N#Cc1c(CN)cccc1OC(F)(F)F. The predicted octanol–water partition coefficient (Wildman–Crippen LogP) is 1.92. The lowest BCUT2D eigenvalue weighted by molar-refractivity contribution is -0.274. The zero-order chi connectivity index (χ0) is 11.5. The van der Waals surface area contributed by atoms with Crippen LogP contribution < -0.4 is 10.5 Å². The van der Waals surface area contributed by atoms with Crippen LogP contribution in [0.1, 0.15) is 11.1 Å². The molecule has 0 spiro atoms. The van der Waals surface area contributed by atoms with Crippen molar-refractivity contribution in [2.75, 3.05) is 0 Å². The fourth-order valence-corrected chi connectivity index (χ4v) is 1.08. The maximum absolute atomic E-state index is 11.9. The van der Waals surface area contributed by atoms with E-state index in [-0.39, 0.29) is 12.1 Å². The van der Waals surface area contributed by atoms with Crippen LogP contribution >= 0.6 is 0 Å². The molecule has 3 nitrogen and oxygen atoms in total. The molecule has 1 rings (SSSR count). The molecular formula is C9H7F3N2O. The van der Waals surface area contributed by atoms with Crippen molar-refractivity contribution >= 4 is 0 Å². The minimum Gasteiger partial charge on any atom is -0.404 e. The molecule has 0 amide bonds. The highest BCUT2D eigenvalue weighted by molar-refractivity contribution is 5.48. The van der Waals surface area contributed by atoms with Gasteiger partial charge < -0.3 is 10.5 Å². The van der Waals surface area contributed by atoms with Crippen LogP contribution in [0.15, 0.2) is 18.2 Å². The van der Waals surface area contributed by atoms with E-state index < -0.39 is 12.1 Å². The quantitative estimate of drug-likeness (QED) is 0.821. The Bertz CT molecular complexity index is 395. The third kappa shape index (κ3) is 2.86. The minimum absolute atomic E-state index is 0.0159. The van der Waals surface area contributed by atoms with Gasteiger partial charge in [-0.15, -0.1) is 13.2 Å². The Labute approximate surface area is 83.9 Å². The molecule has 1 aromatic carbocycles. The van der Waals surface area contributed by atoms with E-state index in [1.807, 2.05) is 0 Å². The minimum atomic E-state index is -4.81. The summed E-state index contributed by atoms with van der Waals surface area (Å²) < 4.78 is 39.5. The van der Waals surface area contributed by atoms with Gasteiger partial charge in [0.15, 0.2) is 0 Å². The number of ether oxygens (including phenoxy) is 1. The zero-order valence-corrected chi connectivity index (χ0v) is 7.51. The summed E-state index contributed by atoms with van der Waals surface area (Å²) in [7, 11) is 0. The molecule has 0 saturated carbocycles. The summed E-state index contributed by atoms with van der Waals surface area (Å²) in [6.07, 6.45) is -4.81. The molecule has 0 atom stereocenters. The van der Waals surface area contributed by atoms with Crippen molar-refractivity contribution in [3.8, 4) is 11.8 Å². The molecule has 0 unspecified atom stereocenters. The van der Waals surface area contributed by atoms with Crippen molar-refractivity contribution < 1.29 is 17.9 Å². The molecule has 0 bridgehead atoms. The Balaban J connectivity index is 3.14. The second kappa shape index (κ2) is 4.19. The van der Waals surface area contributed by atoms with E-state index in [4.69, 9.17) is 11.0 Å². The first-order valence-electron chi connectivity index (χ1n) is 3.95. The summed E-state index contributed by atoms with van der Waals surface area (Å²) in [4.78, 5) is 0. The Morgan fingerprint density at radius 3 is 2.53 bits per heavy atom. The highest BCUT2D eigenvalue weighted by Gasteiger charge is 2.32. The lowest BCUT2D eigenvalue weighted by atomic mass is 10.1. The van der Waals surface area contributed by atoms with E-state index in [0.717, 1.165) is 6.07 Å². The lowest BCUT2D eigenvalue weighted by Crippen LogP contribution is -2.18. The van der Waals surface area contributed by atoms with E-state index in [1.165, 1.54) is 12.1 Å².